The Balaban J connectivity index is 4.58. The van der Waals surface area contributed by atoms with Gasteiger partial charge in [0.15, 0.2) is 0 Å². The normalized spacial score (nSPS) is 13.4. The molecule has 0 aliphatic rings. The SMILES string of the molecule is CCC(=O)NCCCCC(NC(=O)CC)C(=O)NC(CCCCNC(=O)CSCC(NC(=O)C(C)CCCCN)C(N)=O)C(N)=O. The van der Waals surface area contributed by atoms with Crippen LogP contribution < -0.4 is 43.8 Å². The Hall–Kier alpha value is -3.40. The first-order valence-corrected chi connectivity index (χ1v) is 17.3. The molecule has 15 nitrogen and oxygen atoms in total. The fourth-order valence-electron chi connectivity index (χ4n) is 4.21. The minimum Gasteiger partial charge on any atom is -0.368 e. The van der Waals surface area contributed by atoms with Gasteiger partial charge in [0.1, 0.15) is 18.1 Å². The van der Waals surface area contributed by atoms with E-state index in [0.29, 0.717) is 64.6 Å². The largest absolute Gasteiger partial charge is 0.368 e. The highest BCUT2D eigenvalue weighted by molar-refractivity contribution is 8.00. The quantitative estimate of drug-likeness (QED) is 0.0513. The highest BCUT2D eigenvalue weighted by Crippen LogP contribution is 2.10. The molecule has 11 N–H and O–H groups in total. The van der Waals surface area contributed by atoms with Crippen LogP contribution in [0.5, 0.6) is 0 Å². The second-order valence-electron chi connectivity index (χ2n) is 11.1. The van der Waals surface area contributed by atoms with Gasteiger partial charge in [0.25, 0.3) is 0 Å². The predicted molar refractivity (Wildman–Crippen MR) is 178 cm³/mol. The summed E-state index contributed by atoms with van der Waals surface area (Å²) in [6, 6.07) is -2.69. The summed E-state index contributed by atoms with van der Waals surface area (Å²) in [5.74, 6) is -2.88. The summed E-state index contributed by atoms with van der Waals surface area (Å²) < 4.78 is 0. The summed E-state index contributed by atoms with van der Waals surface area (Å²) in [4.78, 5) is 84.7. The molecule has 4 atom stereocenters. The van der Waals surface area contributed by atoms with E-state index in [1.807, 2.05) is 0 Å². The minimum absolute atomic E-state index is 0.0571. The van der Waals surface area contributed by atoms with Gasteiger partial charge in [0.05, 0.1) is 5.75 Å². The van der Waals surface area contributed by atoms with E-state index in [4.69, 9.17) is 17.2 Å². The molecule has 0 aromatic rings. The van der Waals surface area contributed by atoms with Gasteiger partial charge in [0.2, 0.25) is 41.4 Å². The number of rotatable bonds is 27. The number of thioether (sulfide) groups is 1. The van der Waals surface area contributed by atoms with Gasteiger partial charge in [-0.3, -0.25) is 33.6 Å². The molecule has 7 amide bonds. The van der Waals surface area contributed by atoms with E-state index in [1.165, 1.54) is 11.8 Å². The van der Waals surface area contributed by atoms with E-state index < -0.39 is 35.8 Å². The second kappa shape index (κ2) is 25.8. The molecule has 0 radical (unpaired) electrons. The molecule has 0 aromatic heterocycles. The van der Waals surface area contributed by atoms with Crippen LogP contribution in [0.2, 0.25) is 0 Å². The van der Waals surface area contributed by atoms with E-state index in [0.717, 1.165) is 12.8 Å². The Morgan fingerprint density at radius 2 is 1.13 bits per heavy atom. The molecule has 0 aliphatic heterocycles. The van der Waals surface area contributed by atoms with Crippen LogP contribution in [-0.4, -0.2) is 90.6 Å². The van der Waals surface area contributed by atoms with Crippen LogP contribution in [-0.2, 0) is 33.6 Å². The van der Waals surface area contributed by atoms with Crippen LogP contribution in [0.25, 0.3) is 0 Å². The Morgan fingerprint density at radius 1 is 0.609 bits per heavy atom. The van der Waals surface area contributed by atoms with Crippen LogP contribution >= 0.6 is 11.8 Å². The number of hydrogen-bond acceptors (Lipinski definition) is 9. The van der Waals surface area contributed by atoms with Crippen LogP contribution in [0.15, 0.2) is 0 Å². The second-order valence-corrected chi connectivity index (χ2v) is 12.2. The van der Waals surface area contributed by atoms with Crippen molar-refractivity contribution in [3.8, 4) is 0 Å². The molecular formula is C30H56N8O7S. The molecule has 0 saturated heterocycles. The molecule has 264 valence electrons. The van der Waals surface area contributed by atoms with Gasteiger partial charge in [-0.25, -0.2) is 0 Å². The van der Waals surface area contributed by atoms with Crippen molar-refractivity contribution < 1.29 is 33.6 Å². The minimum atomic E-state index is -0.951. The topological polar surface area (TPSA) is 258 Å². The Labute approximate surface area is 276 Å². The molecule has 0 aliphatic carbocycles. The summed E-state index contributed by atoms with van der Waals surface area (Å²) in [6.07, 6.45) is 5.60. The van der Waals surface area contributed by atoms with Crippen LogP contribution in [0.4, 0.5) is 0 Å². The van der Waals surface area contributed by atoms with E-state index >= 15 is 0 Å². The Kier molecular flexibility index (Phi) is 23.9. The fourth-order valence-corrected chi connectivity index (χ4v) is 5.09. The summed E-state index contributed by atoms with van der Waals surface area (Å²) in [5, 5.41) is 13.5. The van der Waals surface area contributed by atoms with Gasteiger partial charge in [-0.1, -0.05) is 27.2 Å². The zero-order chi connectivity index (χ0) is 34.9. The number of nitrogens with two attached hydrogens (primary N) is 3. The van der Waals surface area contributed by atoms with E-state index in [1.54, 1.807) is 20.8 Å². The predicted octanol–water partition coefficient (Wildman–Crippen LogP) is -0.697. The molecule has 46 heavy (non-hydrogen) atoms. The lowest BCUT2D eigenvalue weighted by Crippen LogP contribution is -2.52. The molecule has 0 rings (SSSR count). The number of primary amides is 2. The van der Waals surface area contributed by atoms with Gasteiger partial charge in [0, 0.05) is 37.6 Å². The summed E-state index contributed by atoms with van der Waals surface area (Å²) >= 11 is 1.17. The maximum Gasteiger partial charge on any atom is 0.243 e. The average molecular weight is 673 g/mol. The third-order valence-electron chi connectivity index (χ3n) is 7.15. The lowest BCUT2D eigenvalue weighted by Gasteiger charge is -2.22. The first-order chi connectivity index (χ1) is 21.9. The van der Waals surface area contributed by atoms with Gasteiger partial charge in [-0.2, -0.15) is 0 Å². The van der Waals surface area contributed by atoms with Crippen molar-refractivity contribution >= 4 is 53.1 Å². The van der Waals surface area contributed by atoms with Gasteiger partial charge in [-0.15, -0.1) is 11.8 Å². The Bertz CT molecular complexity index is 985. The van der Waals surface area contributed by atoms with Crippen molar-refractivity contribution in [1.82, 2.24) is 26.6 Å². The fraction of sp³-hybridized carbons (Fsp3) is 0.767. The summed E-state index contributed by atoms with van der Waals surface area (Å²) in [6.45, 7) is 6.53. The summed E-state index contributed by atoms with van der Waals surface area (Å²) in [7, 11) is 0. The first kappa shape index (κ1) is 42.6. The van der Waals surface area contributed by atoms with Crippen molar-refractivity contribution in [2.24, 2.45) is 23.1 Å². The van der Waals surface area contributed by atoms with E-state index in [9.17, 15) is 33.6 Å². The Morgan fingerprint density at radius 3 is 1.67 bits per heavy atom. The summed E-state index contributed by atoms with van der Waals surface area (Å²) in [5.41, 5.74) is 16.4. The standard InChI is InChI=1S/C30H56N8O7S/c1-4-24(39)34-16-11-8-14-22(36-25(40)5-2)30(45)37-21(27(32)42)13-7-10-17-35-26(41)19-46-18-23(28(33)43)38-29(44)20(3)12-6-9-15-31/h20-23H,4-19,31H2,1-3H3,(H2,32,42)(H2,33,43)(H,34,39)(H,35,41)(H,36,40)(H,37,45)(H,38,44). The van der Waals surface area contributed by atoms with Gasteiger partial charge < -0.3 is 43.8 Å². The molecule has 0 fully saturated rings. The molecule has 4 unspecified atom stereocenters. The van der Waals surface area contributed by atoms with Crippen molar-refractivity contribution in [2.45, 2.75) is 110 Å². The van der Waals surface area contributed by atoms with Crippen LogP contribution in [0.1, 0.15) is 91.4 Å². The van der Waals surface area contributed by atoms with Gasteiger partial charge >= 0.3 is 0 Å². The van der Waals surface area contributed by atoms with Crippen molar-refractivity contribution in [2.75, 3.05) is 31.1 Å². The zero-order valence-electron chi connectivity index (χ0n) is 27.6. The number of amides is 7. The molecule has 0 bridgehead atoms. The third kappa shape index (κ3) is 20.6. The van der Waals surface area contributed by atoms with Crippen LogP contribution in [0, 0.1) is 5.92 Å². The number of unbranched alkanes of at least 4 members (excludes halogenated alkanes) is 3. The monoisotopic (exact) mass is 672 g/mol. The van der Waals surface area contributed by atoms with Crippen LogP contribution in [0.3, 0.4) is 0 Å². The maximum absolute atomic E-state index is 12.9. The van der Waals surface area contributed by atoms with Crippen molar-refractivity contribution in [3.63, 3.8) is 0 Å². The highest BCUT2D eigenvalue weighted by atomic mass is 32.2. The van der Waals surface area contributed by atoms with E-state index in [2.05, 4.69) is 26.6 Å². The highest BCUT2D eigenvalue weighted by Gasteiger charge is 2.25. The number of carbonyl (C=O) groups excluding carboxylic acids is 7. The molecule has 0 aromatic carbocycles. The van der Waals surface area contributed by atoms with Crippen molar-refractivity contribution in [1.29, 1.82) is 0 Å². The maximum atomic E-state index is 12.9. The van der Waals surface area contributed by atoms with E-state index in [-0.39, 0.29) is 53.9 Å². The molecule has 0 spiro atoms. The zero-order valence-corrected chi connectivity index (χ0v) is 28.4. The third-order valence-corrected chi connectivity index (χ3v) is 8.19. The molecule has 0 heterocycles. The number of carbonyl (C=O) groups is 7. The lowest BCUT2D eigenvalue weighted by molar-refractivity contribution is -0.131. The molecule has 16 heteroatoms. The lowest BCUT2D eigenvalue weighted by atomic mass is 10.0. The van der Waals surface area contributed by atoms with Crippen molar-refractivity contribution in [3.05, 3.63) is 0 Å². The molecular weight excluding hydrogens is 616 g/mol. The number of hydrogen-bond donors (Lipinski definition) is 8. The average Bonchev–Trinajstić information content (AvgIpc) is 3.01. The smallest absolute Gasteiger partial charge is 0.243 e. The molecule has 0 saturated carbocycles. The van der Waals surface area contributed by atoms with Gasteiger partial charge in [-0.05, 0) is 57.9 Å². The first-order valence-electron chi connectivity index (χ1n) is 16.2. The number of nitrogens with one attached hydrogen (secondary N) is 5.